The Morgan fingerprint density at radius 1 is 1.23 bits per heavy atom. The number of hydrogen-bond donors (Lipinski definition) is 2. The number of benzene rings is 1. The number of sulfonamides is 1. The summed E-state index contributed by atoms with van der Waals surface area (Å²) in [5.74, 6) is -0.231. The van der Waals surface area contributed by atoms with Crippen LogP contribution in [0.2, 0.25) is 0 Å². The summed E-state index contributed by atoms with van der Waals surface area (Å²) in [6.07, 6.45) is 4.62. The topological polar surface area (TPSA) is 75.3 Å². The predicted octanol–water partition coefficient (Wildman–Crippen LogP) is 2.11. The van der Waals surface area contributed by atoms with E-state index in [4.69, 9.17) is 0 Å². The second kappa shape index (κ2) is 7.24. The lowest BCUT2D eigenvalue weighted by molar-refractivity contribution is -0.123. The molecular formula is C16H24N2O3S. The molecule has 1 aromatic carbocycles. The standard InChI is InChI=1S/C16H24N2O3S/c1-3-15(16(19)17-13-6-4-5-7-13)18-22(20,21)14-10-8-12(2)9-11-14/h8-11,13,15,18H,3-7H2,1-2H3,(H,17,19). The number of carbonyl (C=O) groups is 1. The van der Waals surface area contributed by atoms with Gasteiger partial charge in [0, 0.05) is 6.04 Å². The van der Waals surface area contributed by atoms with Gasteiger partial charge in [0.05, 0.1) is 4.90 Å². The highest BCUT2D eigenvalue weighted by atomic mass is 32.2. The summed E-state index contributed by atoms with van der Waals surface area (Å²) in [5.41, 5.74) is 0.991. The molecule has 1 aliphatic rings. The smallest absolute Gasteiger partial charge is 0.241 e. The van der Waals surface area contributed by atoms with Gasteiger partial charge in [0.25, 0.3) is 0 Å². The van der Waals surface area contributed by atoms with Crippen molar-refractivity contribution >= 4 is 15.9 Å². The number of aryl methyl sites for hydroxylation is 1. The first-order chi connectivity index (χ1) is 10.4. The van der Waals surface area contributed by atoms with Crippen LogP contribution in [0.5, 0.6) is 0 Å². The van der Waals surface area contributed by atoms with Crippen molar-refractivity contribution in [3.63, 3.8) is 0 Å². The van der Waals surface area contributed by atoms with E-state index in [1.54, 1.807) is 31.2 Å². The highest BCUT2D eigenvalue weighted by molar-refractivity contribution is 7.89. The van der Waals surface area contributed by atoms with Crippen LogP contribution < -0.4 is 10.0 Å². The maximum absolute atomic E-state index is 12.4. The highest BCUT2D eigenvalue weighted by Gasteiger charge is 2.26. The van der Waals surface area contributed by atoms with E-state index in [2.05, 4.69) is 10.0 Å². The second-order valence-corrected chi connectivity index (χ2v) is 7.60. The Morgan fingerprint density at radius 2 is 1.82 bits per heavy atom. The Balaban J connectivity index is 2.04. The van der Waals surface area contributed by atoms with Crippen molar-refractivity contribution in [3.8, 4) is 0 Å². The number of carbonyl (C=O) groups excluding carboxylic acids is 1. The van der Waals surface area contributed by atoms with Crippen molar-refractivity contribution in [2.24, 2.45) is 0 Å². The van der Waals surface area contributed by atoms with E-state index in [0.717, 1.165) is 31.2 Å². The van der Waals surface area contributed by atoms with Gasteiger partial charge in [-0.3, -0.25) is 4.79 Å². The third-order valence-corrected chi connectivity index (χ3v) is 5.54. The van der Waals surface area contributed by atoms with Gasteiger partial charge >= 0.3 is 0 Å². The van der Waals surface area contributed by atoms with Crippen molar-refractivity contribution in [2.75, 3.05) is 0 Å². The summed E-state index contributed by atoms with van der Waals surface area (Å²) in [6, 6.07) is 6.05. The summed E-state index contributed by atoms with van der Waals surface area (Å²) < 4.78 is 27.2. The molecule has 6 heteroatoms. The van der Waals surface area contributed by atoms with Gasteiger partial charge in [-0.2, -0.15) is 4.72 Å². The maximum atomic E-state index is 12.4. The molecule has 1 fully saturated rings. The van der Waals surface area contributed by atoms with Crippen LogP contribution in [-0.4, -0.2) is 26.4 Å². The van der Waals surface area contributed by atoms with E-state index in [0.29, 0.717) is 6.42 Å². The molecule has 1 atom stereocenters. The zero-order chi connectivity index (χ0) is 16.2. The van der Waals surface area contributed by atoms with Crippen molar-refractivity contribution in [1.29, 1.82) is 0 Å². The fourth-order valence-corrected chi connectivity index (χ4v) is 3.95. The Morgan fingerprint density at radius 3 is 2.36 bits per heavy atom. The molecule has 0 aliphatic heterocycles. The van der Waals surface area contributed by atoms with Crippen LogP contribution in [0.4, 0.5) is 0 Å². The molecule has 0 radical (unpaired) electrons. The number of nitrogens with one attached hydrogen (secondary N) is 2. The van der Waals surface area contributed by atoms with E-state index in [9.17, 15) is 13.2 Å². The molecule has 1 aromatic rings. The van der Waals surface area contributed by atoms with Crippen molar-refractivity contribution in [2.45, 2.75) is 62.9 Å². The molecular weight excluding hydrogens is 300 g/mol. The van der Waals surface area contributed by atoms with Gasteiger partial charge < -0.3 is 5.32 Å². The Bertz CT molecular complexity index is 605. The average Bonchev–Trinajstić information content (AvgIpc) is 2.98. The summed E-state index contributed by atoms with van der Waals surface area (Å²) >= 11 is 0. The maximum Gasteiger partial charge on any atom is 0.241 e. The minimum absolute atomic E-state index is 0.185. The van der Waals surface area contributed by atoms with Crippen LogP contribution in [0, 0.1) is 6.92 Å². The van der Waals surface area contributed by atoms with E-state index in [1.165, 1.54) is 0 Å². The molecule has 0 saturated heterocycles. The summed E-state index contributed by atoms with van der Waals surface area (Å²) in [7, 11) is -3.68. The molecule has 2 N–H and O–H groups in total. The van der Waals surface area contributed by atoms with Gasteiger partial charge in [-0.05, 0) is 38.3 Å². The zero-order valence-electron chi connectivity index (χ0n) is 13.1. The minimum atomic E-state index is -3.68. The van der Waals surface area contributed by atoms with Gasteiger partial charge in [-0.1, -0.05) is 37.5 Å². The van der Waals surface area contributed by atoms with Gasteiger partial charge in [0.2, 0.25) is 15.9 Å². The van der Waals surface area contributed by atoms with Crippen LogP contribution in [-0.2, 0) is 14.8 Å². The molecule has 1 unspecified atom stereocenters. The number of hydrogen-bond acceptors (Lipinski definition) is 3. The van der Waals surface area contributed by atoms with Crippen LogP contribution in [0.1, 0.15) is 44.6 Å². The average molecular weight is 324 g/mol. The van der Waals surface area contributed by atoms with E-state index >= 15 is 0 Å². The first-order valence-corrected chi connectivity index (χ1v) is 9.30. The third-order valence-electron chi connectivity index (χ3n) is 4.05. The molecule has 0 spiro atoms. The minimum Gasteiger partial charge on any atom is -0.352 e. The third kappa shape index (κ3) is 4.30. The first-order valence-electron chi connectivity index (χ1n) is 7.81. The SMILES string of the molecule is CCC(NS(=O)(=O)c1ccc(C)cc1)C(=O)NC1CCCC1. The predicted molar refractivity (Wildman–Crippen MR) is 86.0 cm³/mol. The van der Waals surface area contributed by atoms with Crippen LogP contribution in [0.15, 0.2) is 29.2 Å². The molecule has 0 aromatic heterocycles. The fraction of sp³-hybridized carbons (Fsp3) is 0.562. The lowest BCUT2D eigenvalue weighted by Gasteiger charge is -2.20. The summed E-state index contributed by atoms with van der Waals surface area (Å²) in [5, 5.41) is 2.95. The Labute approximate surface area is 132 Å². The first kappa shape index (κ1) is 17.0. The molecule has 22 heavy (non-hydrogen) atoms. The molecule has 1 aliphatic carbocycles. The Kier molecular flexibility index (Phi) is 5.58. The van der Waals surface area contributed by atoms with Crippen LogP contribution in [0.25, 0.3) is 0 Å². The molecule has 0 heterocycles. The highest BCUT2D eigenvalue weighted by Crippen LogP contribution is 2.18. The molecule has 122 valence electrons. The van der Waals surface area contributed by atoms with E-state index < -0.39 is 16.1 Å². The van der Waals surface area contributed by atoms with Crippen molar-refractivity contribution < 1.29 is 13.2 Å². The summed E-state index contributed by atoms with van der Waals surface area (Å²) in [6.45, 7) is 3.70. The number of amides is 1. The lowest BCUT2D eigenvalue weighted by atomic mass is 10.2. The molecule has 0 bridgehead atoms. The monoisotopic (exact) mass is 324 g/mol. The van der Waals surface area contributed by atoms with Crippen molar-refractivity contribution in [3.05, 3.63) is 29.8 Å². The molecule has 1 saturated carbocycles. The van der Waals surface area contributed by atoms with Gasteiger partial charge in [-0.25, -0.2) is 8.42 Å². The van der Waals surface area contributed by atoms with Crippen LogP contribution >= 0.6 is 0 Å². The number of rotatable bonds is 6. The van der Waals surface area contributed by atoms with E-state index in [1.807, 2.05) is 6.92 Å². The fourth-order valence-electron chi connectivity index (χ4n) is 2.67. The lowest BCUT2D eigenvalue weighted by Crippen LogP contribution is -2.48. The van der Waals surface area contributed by atoms with Crippen molar-refractivity contribution in [1.82, 2.24) is 10.0 Å². The quantitative estimate of drug-likeness (QED) is 0.841. The summed E-state index contributed by atoms with van der Waals surface area (Å²) in [4.78, 5) is 12.4. The molecule has 2 rings (SSSR count). The van der Waals surface area contributed by atoms with Gasteiger partial charge in [0.1, 0.15) is 6.04 Å². The normalized spacial score (nSPS) is 17.4. The van der Waals surface area contributed by atoms with E-state index in [-0.39, 0.29) is 16.8 Å². The van der Waals surface area contributed by atoms with Crippen LogP contribution in [0.3, 0.4) is 0 Å². The Hall–Kier alpha value is -1.40. The molecule has 1 amide bonds. The largest absolute Gasteiger partial charge is 0.352 e. The zero-order valence-corrected chi connectivity index (χ0v) is 13.9. The van der Waals surface area contributed by atoms with Gasteiger partial charge in [-0.15, -0.1) is 0 Å². The second-order valence-electron chi connectivity index (χ2n) is 5.89. The molecule has 5 nitrogen and oxygen atoms in total. The van der Waals surface area contributed by atoms with Gasteiger partial charge in [0.15, 0.2) is 0 Å².